The van der Waals surface area contributed by atoms with Gasteiger partial charge in [0.2, 0.25) is 5.91 Å². The number of hydrogen-bond donors (Lipinski definition) is 2. The molecule has 0 bridgehead atoms. The molecular weight excluding hydrogens is 326 g/mol. The van der Waals surface area contributed by atoms with E-state index in [1.807, 2.05) is 6.07 Å². The summed E-state index contributed by atoms with van der Waals surface area (Å²) in [5.74, 6) is 5.29. The number of carbonyl (C=O) groups excluding carboxylic acids is 2. The summed E-state index contributed by atoms with van der Waals surface area (Å²) in [7, 11) is 0. The number of anilines is 1. The van der Waals surface area contributed by atoms with Crippen LogP contribution in [0.3, 0.4) is 0 Å². The van der Waals surface area contributed by atoms with Crippen molar-refractivity contribution in [1.82, 2.24) is 5.43 Å². The van der Waals surface area contributed by atoms with Crippen molar-refractivity contribution in [3.05, 3.63) is 22.7 Å². The second-order valence-corrected chi connectivity index (χ2v) is 6.15. The van der Waals surface area contributed by atoms with Crippen molar-refractivity contribution in [3.8, 4) is 5.75 Å². The third-order valence-corrected chi connectivity index (χ3v) is 3.66. The first-order valence-corrected chi connectivity index (χ1v) is 6.88. The standard InChI is InChI=1S/C13H16BrN3O3/c1-13(2,12(19)16-15)7-17-9-5-8(14)3-4-10(9)20-6-11(17)18/h3-5H,6-7,15H2,1-2H3,(H,16,19). The Balaban J connectivity index is 2.35. The van der Waals surface area contributed by atoms with E-state index >= 15 is 0 Å². The van der Waals surface area contributed by atoms with Gasteiger partial charge in [-0.25, -0.2) is 5.84 Å². The third kappa shape index (κ3) is 2.78. The van der Waals surface area contributed by atoms with Crippen LogP contribution in [0.25, 0.3) is 0 Å². The number of rotatable bonds is 3. The molecule has 0 radical (unpaired) electrons. The van der Waals surface area contributed by atoms with E-state index in [9.17, 15) is 9.59 Å². The number of nitrogens with one attached hydrogen (secondary N) is 1. The largest absolute Gasteiger partial charge is 0.482 e. The summed E-state index contributed by atoms with van der Waals surface area (Å²) >= 11 is 3.37. The van der Waals surface area contributed by atoms with E-state index in [0.29, 0.717) is 11.4 Å². The summed E-state index contributed by atoms with van der Waals surface area (Å²) in [6.45, 7) is 3.65. The van der Waals surface area contributed by atoms with Gasteiger partial charge in [0.1, 0.15) is 5.75 Å². The summed E-state index contributed by atoms with van der Waals surface area (Å²) in [5.41, 5.74) is 1.97. The second kappa shape index (κ2) is 5.41. The number of amides is 2. The van der Waals surface area contributed by atoms with Gasteiger partial charge in [-0.05, 0) is 32.0 Å². The Morgan fingerprint density at radius 2 is 2.25 bits per heavy atom. The van der Waals surface area contributed by atoms with Crippen LogP contribution in [0.2, 0.25) is 0 Å². The predicted molar refractivity (Wildman–Crippen MR) is 78.1 cm³/mol. The minimum atomic E-state index is -0.804. The van der Waals surface area contributed by atoms with Crippen LogP contribution in [0.15, 0.2) is 22.7 Å². The lowest BCUT2D eigenvalue weighted by atomic mass is 9.91. The van der Waals surface area contributed by atoms with Gasteiger partial charge in [-0.2, -0.15) is 0 Å². The molecule has 0 spiro atoms. The van der Waals surface area contributed by atoms with Crippen molar-refractivity contribution in [2.45, 2.75) is 13.8 Å². The van der Waals surface area contributed by atoms with E-state index in [-0.39, 0.29) is 25.0 Å². The number of halogens is 1. The van der Waals surface area contributed by atoms with Crippen LogP contribution < -0.4 is 20.9 Å². The normalized spacial score (nSPS) is 14.6. The maximum absolute atomic E-state index is 12.1. The molecule has 0 saturated carbocycles. The van der Waals surface area contributed by atoms with Crippen molar-refractivity contribution in [3.63, 3.8) is 0 Å². The van der Waals surface area contributed by atoms with Crippen LogP contribution in [0.5, 0.6) is 5.75 Å². The number of carbonyl (C=O) groups is 2. The fourth-order valence-electron chi connectivity index (χ4n) is 2.01. The van der Waals surface area contributed by atoms with Gasteiger partial charge in [0.05, 0.1) is 11.1 Å². The molecule has 1 aliphatic heterocycles. The van der Waals surface area contributed by atoms with Crippen LogP contribution in [0.4, 0.5) is 5.69 Å². The Bertz CT molecular complexity index is 560. The average Bonchev–Trinajstić information content (AvgIpc) is 2.41. The Morgan fingerprint density at radius 1 is 1.55 bits per heavy atom. The highest BCUT2D eigenvalue weighted by atomic mass is 79.9. The molecule has 0 aliphatic carbocycles. The Kier molecular flexibility index (Phi) is 4.01. The zero-order chi connectivity index (χ0) is 14.9. The van der Waals surface area contributed by atoms with Gasteiger partial charge >= 0.3 is 0 Å². The zero-order valence-electron chi connectivity index (χ0n) is 11.3. The van der Waals surface area contributed by atoms with E-state index in [1.165, 1.54) is 0 Å². The molecule has 6 nitrogen and oxygen atoms in total. The predicted octanol–water partition coefficient (Wildman–Crippen LogP) is 1.19. The van der Waals surface area contributed by atoms with Crippen LogP contribution in [-0.2, 0) is 9.59 Å². The van der Waals surface area contributed by atoms with Gasteiger partial charge < -0.3 is 9.64 Å². The molecule has 1 aromatic carbocycles. The van der Waals surface area contributed by atoms with E-state index < -0.39 is 5.41 Å². The molecule has 0 fully saturated rings. The minimum absolute atomic E-state index is 0.0328. The lowest BCUT2D eigenvalue weighted by Crippen LogP contribution is -2.50. The molecule has 1 aliphatic rings. The number of nitrogens with two attached hydrogens (primary N) is 1. The quantitative estimate of drug-likeness (QED) is 0.491. The van der Waals surface area contributed by atoms with Crippen molar-refractivity contribution in [1.29, 1.82) is 0 Å². The molecule has 3 N–H and O–H groups in total. The fraction of sp³-hybridized carbons (Fsp3) is 0.385. The number of hydrogen-bond acceptors (Lipinski definition) is 4. The van der Waals surface area contributed by atoms with Gasteiger partial charge in [0.15, 0.2) is 6.61 Å². The Hall–Kier alpha value is -1.60. The summed E-state index contributed by atoms with van der Waals surface area (Å²) in [5, 5.41) is 0. The number of fused-ring (bicyclic) bond motifs is 1. The van der Waals surface area contributed by atoms with E-state index in [4.69, 9.17) is 10.6 Å². The number of hydrazine groups is 1. The van der Waals surface area contributed by atoms with Gasteiger partial charge in [-0.3, -0.25) is 15.0 Å². The number of ether oxygens (including phenoxy) is 1. The van der Waals surface area contributed by atoms with Gasteiger partial charge in [0.25, 0.3) is 5.91 Å². The molecule has 7 heteroatoms. The number of nitrogens with zero attached hydrogens (tertiary/aromatic N) is 1. The van der Waals surface area contributed by atoms with Crippen LogP contribution >= 0.6 is 15.9 Å². The molecule has 1 aromatic rings. The zero-order valence-corrected chi connectivity index (χ0v) is 12.9. The SMILES string of the molecule is CC(C)(CN1C(=O)COc2ccc(Br)cc21)C(=O)NN. The van der Waals surface area contributed by atoms with Crippen LogP contribution in [0.1, 0.15) is 13.8 Å². The summed E-state index contributed by atoms with van der Waals surface area (Å²) in [4.78, 5) is 25.4. The van der Waals surface area contributed by atoms with Crippen molar-refractivity contribution in [2.75, 3.05) is 18.1 Å². The molecule has 0 aromatic heterocycles. The number of benzene rings is 1. The van der Waals surface area contributed by atoms with Crippen molar-refractivity contribution >= 4 is 33.4 Å². The molecule has 2 amide bonds. The van der Waals surface area contributed by atoms with Gasteiger partial charge in [0, 0.05) is 11.0 Å². The first kappa shape index (κ1) is 14.8. The molecule has 108 valence electrons. The van der Waals surface area contributed by atoms with E-state index in [0.717, 1.165) is 4.47 Å². The minimum Gasteiger partial charge on any atom is -0.482 e. The molecule has 0 atom stereocenters. The fourth-order valence-corrected chi connectivity index (χ4v) is 2.36. The monoisotopic (exact) mass is 341 g/mol. The van der Waals surface area contributed by atoms with E-state index in [2.05, 4.69) is 21.4 Å². The molecular formula is C13H16BrN3O3. The highest BCUT2D eigenvalue weighted by Gasteiger charge is 2.35. The van der Waals surface area contributed by atoms with Crippen molar-refractivity contribution in [2.24, 2.45) is 11.3 Å². The van der Waals surface area contributed by atoms with Gasteiger partial charge in [-0.15, -0.1) is 0 Å². The maximum Gasteiger partial charge on any atom is 0.265 e. The highest BCUT2D eigenvalue weighted by Crippen LogP contribution is 2.36. The van der Waals surface area contributed by atoms with Crippen LogP contribution in [-0.4, -0.2) is 25.0 Å². The summed E-state index contributed by atoms with van der Waals surface area (Å²) in [6, 6.07) is 5.42. The first-order chi connectivity index (χ1) is 9.35. The Labute approximate surface area is 125 Å². The average molecular weight is 342 g/mol. The lowest BCUT2D eigenvalue weighted by Gasteiger charge is -2.34. The third-order valence-electron chi connectivity index (χ3n) is 3.16. The summed E-state index contributed by atoms with van der Waals surface area (Å²) in [6.07, 6.45) is 0. The summed E-state index contributed by atoms with van der Waals surface area (Å²) < 4.78 is 6.22. The maximum atomic E-state index is 12.1. The Morgan fingerprint density at radius 3 is 2.90 bits per heavy atom. The van der Waals surface area contributed by atoms with E-state index in [1.54, 1.807) is 30.9 Å². The topological polar surface area (TPSA) is 84.7 Å². The molecule has 2 rings (SSSR count). The molecule has 1 heterocycles. The highest BCUT2D eigenvalue weighted by molar-refractivity contribution is 9.10. The van der Waals surface area contributed by atoms with Gasteiger partial charge in [-0.1, -0.05) is 15.9 Å². The van der Waals surface area contributed by atoms with Crippen molar-refractivity contribution < 1.29 is 14.3 Å². The molecule has 0 unspecified atom stereocenters. The van der Waals surface area contributed by atoms with Crippen LogP contribution in [0, 0.1) is 5.41 Å². The molecule has 0 saturated heterocycles. The second-order valence-electron chi connectivity index (χ2n) is 5.24. The first-order valence-electron chi connectivity index (χ1n) is 6.09. The lowest BCUT2D eigenvalue weighted by molar-refractivity contribution is -0.129. The molecule has 20 heavy (non-hydrogen) atoms. The smallest absolute Gasteiger partial charge is 0.265 e.